The van der Waals surface area contributed by atoms with Crippen molar-refractivity contribution in [3.05, 3.63) is 0 Å². The fourth-order valence-electron chi connectivity index (χ4n) is 1.27. The second-order valence-electron chi connectivity index (χ2n) is 3.64. The van der Waals surface area contributed by atoms with E-state index in [2.05, 4.69) is 11.2 Å². The second kappa shape index (κ2) is 7.95. The zero-order valence-electron chi connectivity index (χ0n) is 10.2. The van der Waals surface area contributed by atoms with Gasteiger partial charge >= 0.3 is 12.0 Å². The van der Waals surface area contributed by atoms with Crippen LogP contribution in [-0.4, -0.2) is 47.0 Å². The average molecular weight is 255 g/mol. The first-order valence-electron chi connectivity index (χ1n) is 5.42. The predicted molar refractivity (Wildman–Crippen MR) is 64.5 cm³/mol. The van der Waals surface area contributed by atoms with E-state index in [0.29, 0.717) is 13.0 Å². The first-order valence-corrected chi connectivity index (χ1v) is 5.42. The maximum absolute atomic E-state index is 11.7. The molecule has 7 nitrogen and oxygen atoms in total. The molecule has 0 saturated heterocycles. The molecular weight excluding hydrogens is 238 g/mol. The van der Waals surface area contributed by atoms with Gasteiger partial charge in [-0.05, 0) is 6.42 Å². The number of nitrogens with one attached hydrogen (secondary N) is 1. The van der Waals surface area contributed by atoms with E-state index in [1.165, 1.54) is 4.90 Å². The van der Waals surface area contributed by atoms with Crippen LogP contribution >= 0.6 is 0 Å². The highest BCUT2D eigenvalue weighted by Gasteiger charge is 2.24. The predicted octanol–water partition coefficient (Wildman–Crippen LogP) is -0.630. The van der Waals surface area contributed by atoms with E-state index < -0.39 is 30.4 Å². The molecular formula is C11H17N3O4. The summed E-state index contributed by atoms with van der Waals surface area (Å²) in [4.78, 5) is 34.5. The van der Waals surface area contributed by atoms with Gasteiger partial charge in [0.25, 0.3) is 0 Å². The summed E-state index contributed by atoms with van der Waals surface area (Å²) in [5.41, 5.74) is 4.90. The van der Waals surface area contributed by atoms with Gasteiger partial charge in [-0.3, -0.25) is 4.79 Å². The highest BCUT2D eigenvalue weighted by molar-refractivity contribution is 5.87. The molecule has 0 radical (unpaired) electrons. The molecule has 0 aliphatic rings. The van der Waals surface area contributed by atoms with Gasteiger partial charge < -0.3 is 21.1 Å². The third-order valence-electron chi connectivity index (χ3n) is 2.06. The molecule has 0 aliphatic carbocycles. The smallest absolute Gasteiger partial charge is 0.326 e. The lowest BCUT2D eigenvalue weighted by atomic mass is 10.2. The van der Waals surface area contributed by atoms with Crippen LogP contribution in [0.15, 0.2) is 0 Å². The van der Waals surface area contributed by atoms with Gasteiger partial charge in [-0.15, -0.1) is 6.42 Å². The number of hydrogen-bond donors (Lipinski definition) is 3. The van der Waals surface area contributed by atoms with Gasteiger partial charge in [0.2, 0.25) is 5.91 Å². The van der Waals surface area contributed by atoms with Gasteiger partial charge in [0.15, 0.2) is 0 Å². The molecule has 0 saturated carbocycles. The molecule has 4 N–H and O–H groups in total. The van der Waals surface area contributed by atoms with Gasteiger partial charge in [-0.25, -0.2) is 9.59 Å². The van der Waals surface area contributed by atoms with E-state index in [-0.39, 0.29) is 6.54 Å². The van der Waals surface area contributed by atoms with Crippen LogP contribution in [0.2, 0.25) is 0 Å². The maximum Gasteiger partial charge on any atom is 0.326 e. The normalized spacial score (nSPS) is 11.1. The minimum absolute atomic E-state index is 0.0720. The topological polar surface area (TPSA) is 113 Å². The van der Waals surface area contributed by atoms with Gasteiger partial charge in [0.1, 0.15) is 6.04 Å². The van der Waals surface area contributed by atoms with Crippen molar-refractivity contribution in [1.82, 2.24) is 10.2 Å². The molecule has 100 valence electrons. The largest absolute Gasteiger partial charge is 0.480 e. The standard InChI is InChI=1S/C11H17N3O4/c1-3-5-14(6-4-2)11(18)13-8(10(16)17)7-9(12)15/h1,8H,4-7H2,2H3,(H2,12,15)(H,13,18)(H,16,17)/t8-/m0/s1. The SMILES string of the molecule is C#CCN(CCC)C(=O)N[C@@H](CC(N)=O)C(=O)O. The van der Waals surface area contributed by atoms with Crippen LogP contribution in [0.4, 0.5) is 4.79 Å². The Morgan fingerprint density at radius 2 is 2.11 bits per heavy atom. The van der Waals surface area contributed by atoms with Gasteiger partial charge in [0.05, 0.1) is 13.0 Å². The summed E-state index contributed by atoms with van der Waals surface area (Å²) in [7, 11) is 0. The van der Waals surface area contributed by atoms with Crippen molar-refractivity contribution >= 4 is 17.9 Å². The Morgan fingerprint density at radius 3 is 2.50 bits per heavy atom. The Morgan fingerprint density at radius 1 is 1.50 bits per heavy atom. The monoisotopic (exact) mass is 255 g/mol. The van der Waals surface area contributed by atoms with Gasteiger partial charge in [-0.1, -0.05) is 12.8 Å². The van der Waals surface area contributed by atoms with Crippen molar-refractivity contribution in [2.45, 2.75) is 25.8 Å². The average Bonchev–Trinajstić information content (AvgIpc) is 2.27. The Hall–Kier alpha value is -2.23. The lowest BCUT2D eigenvalue weighted by Crippen LogP contribution is -2.49. The van der Waals surface area contributed by atoms with E-state index in [1.807, 2.05) is 6.92 Å². The molecule has 0 unspecified atom stereocenters. The first-order chi connectivity index (χ1) is 8.42. The van der Waals surface area contributed by atoms with E-state index in [4.69, 9.17) is 17.3 Å². The number of nitrogens with zero attached hydrogens (tertiary/aromatic N) is 1. The molecule has 0 aromatic carbocycles. The summed E-state index contributed by atoms with van der Waals surface area (Å²) < 4.78 is 0. The maximum atomic E-state index is 11.7. The third-order valence-corrected chi connectivity index (χ3v) is 2.06. The Labute approximate surface area is 105 Å². The van der Waals surface area contributed by atoms with Crippen LogP contribution in [0.3, 0.4) is 0 Å². The van der Waals surface area contributed by atoms with Crippen molar-refractivity contribution < 1.29 is 19.5 Å². The van der Waals surface area contributed by atoms with Crippen molar-refractivity contribution in [3.63, 3.8) is 0 Å². The second-order valence-corrected chi connectivity index (χ2v) is 3.64. The summed E-state index contributed by atoms with van der Waals surface area (Å²) in [6.07, 6.45) is 5.33. The fraction of sp³-hybridized carbons (Fsp3) is 0.545. The number of carboxylic acids is 1. The van der Waals surface area contributed by atoms with Crippen LogP contribution < -0.4 is 11.1 Å². The molecule has 1 atom stereocenters. The number of carboxylic acid groups (broad SMARTS) is 1. The Balaban J connectivity index is 4.60. The molecule has 0 spiro atoms. The van der Waals surface area contributed by atoms with Gasteiger partial charge in [0, 0.05) is 6.54 Å². The summed E-state index contributed by atoms with van der Waals surface area (Å²) >= 11 is 0. The molecule has 0 fully saturated rings. The number of terminal acetylenes is 1. The highest BCUT2D eigenvalue weighted by Crippen LogP contribution is 1.97. The number of primary amides is 1. The molecule has 0 aliphatic heterocycles. The number of nitrogens with two attached hydrogens (primary N) is 1. The molecule has 0 aromatic rings. The number of urea groups is 1. The van der Waals surface area contributed by atoms with Crippen molar-refractivity contribution in [1.29, 1.82) is 0 Å². The molecule has 0 rings (SSSR count). The van der Waals surface area contributed by atoms with Crippen LogP contribution in [0.25, 0.3) is 0 Å². The molecule has 18 heavy (non-hydrogen) atoms. The van der Waals surface area contributed by atoms with Crippen molar-refractivity contribution in [3.8, 4) is 12.3 Å². The zero-order valence-corrected chi connectivity index (χ0v) is 10.2. The lowest BCUT2D eigenvalue weighted by molar-refractivity contribution is -0.140. The van der Waals surface area contributed by atoms with Crippen LogP contribution in [0, 0.1) is 12.3 Å². The quantitative estimate of drug-likeness (QED) is 0.525. The fourth-order valence-corrected chi connectivity index (χ4v) is 1.27. The van der Waals surface area contributed by atoms with Crippen molar-refractivity contribution in [2.75, 3.05) is 13.1 Å². The van der Waals surface area contributed by atoms with E-state index in [9.17, 15) is 14.4 Å². The van der Waals surface area contributed by atoms with Crippen molar-refractivity contribution in [2.24, 2.45) is 5.73 Å². The van der Waals surface area contributed by atoms with E-state index in [0.717, 1.165) is 0 Å². The molecule has 7 heteroatoms. The summed E-state index contributed by atoms with van der Waals surface area (Å²) in [5.74, 6) is 0.179. The van der Waals surface area contributed by atoms with Crippen LogP contribution in [0.1, 0.15) is 19.8 Å². The number of carbonyl (C=O) groups excluding carboxylic acids is 2. The Bertz CT molecular complexity index is 362. The number of amides is 3. The highest BCUT2D eigenvalue weighted by atomic mass is 16.4. The van der Waals surface area contributed by atoms with E-state index in [1.54, 1.807) is 0 Å². The minimum Gasteiger partial charge on any atom is -0.480 e. The Kier molecular flexibility index (Phi) is 6.96. The molecule has 0 aromatic heterocycles. The van der Waals surface area contributed by atoms with Crippen LogP contribution in [0.5, 0.6) is 0 Å². The molecule has 0 heterocycles. The van der Waals surface area contributed by atoms with E-state index >= 15 is 0 Å². The number of aliphatic carboxylic acids is 1. The summed E-state index contributed by atoms with van der Waals surface area (Å²) in [6.45, 7) is 2.33. The summed E-state index contributed by atoms with van der Waals surface area (Å²) in [6, 6.07) is -1.96. The number of hydrogen-bond acceptors (Lipinski definition) is 3. The molecule has 0 bridgehead atoms. The number of carbonyl (C=O) groups is 3. The zero-order chi connectivity index (χ0) is 14.1. The number of rotatable bonds is 7. The molecule has 3 amide bonds. The van der Waals surface area contributed by atoms with Gasteiger partial charge in [-0.2, -0.15) is 0 Å². The third kappa shape index (κ3) is 5.75. The first kappa shape index (κ1) is 15.8. The minimum atomic E-state index is -1.34. The lowest BCUT2D eigenvalue weighted by Gasteiger charge is -2.22. The van der Waals surface area contributed by atoms with Crippen LogP contribution in [-0.2, 0) is 9.59 Å². The summed E-state index contributed by atoms with van der Waals surface area (Å²) in [5, 5.41) is 11.0.